The van der Waals surface area contributed by atoms with Gasteiger partial charge < -0.3 is 9.84 Å². The predicted molar refractivity (Wildman–Crippen MR) is 83.5 cm³/mol. The standard InChI is InChI=1S/C17H24N2O2/c1-4-11-19-17(16(21-3)12-18-19)15(20)10-9-14-8-6-5-7-13(14)2/h5-8,12,15,20H,4,9-11H2,1-3H3. The van der Waals surface area contributed by atoms with Gasteiger partial charge in [-0.15, -0.1) is 0 Å². The summed E-state index contributed by atoms with van der Waals surface area (Å²) in [6, 6.07) is 8.29. The van der Waals surface area contributed by atoms with E-state index in [0.717, 1.165) is 25.1 Å². The molecule has 0 aliphatic carbocycles. The summed E-state index contributed by atoms with van der Waals surface area (Å²) in [7, 11) is 1.62. The Morgan fingerprint density at radius 1 is 1.33 bits per heavy atom. The molecule has 0 aliphatic heterocycles. The molecule has 0 spiro atoms. The van der Waals surface area contributed by atoms with Crippen LogP contribution >= 0.6 is 0 Å². The lowest BCUT2D eigenvalue weighted by Crippen LogP contribution is -2.11. The number of hydrogen-bond donors (Lipinski definition) is 1. The number of aryl methyl sites for hydroxylation is 3. The molecule has 114 valence electrons. The number of aromatic nitrogens is 2. The van der Waals surface area contributed by atoms with Crippen LogP contribution in [0.1, 0.15) is 42.7 Å². The molecule has 0 aliphatic rings. The van der Waals surface area contributed by atoms with Gasteiger partial charge in [-0.25, -0.2) is 0 Å². The van der Waals surface area contributed by atoms with Gasteiger partial charge in [0.1, 0.15) is 5.69 Å². The van der Waals surface area contributed by atoms with E-state index in [1.165, 1.54) is 11.1 Å². The lowest BCUT2D eigenvalue weighted by Gasteiger charge is -2.15. The van der Waals surface area contributed by atoms with E-state index in [2.05, 4.69) is 31.1 Å². The van der Waals surface area contributed by atoms with Crippen LogP contribution in [0, 0.1) is 6.92 Å². The number of benzene rings is 1. The average molecular weight is 288 g/mol. The first kappa shape index (κ1) is 15.6. The zero-order valence-corrected chi connectivity index (χ0v) is 13.0. The molecule has 0 bridgehead atoms. The van der Waals surface area contributed by atoms with Crippen molar-refractivity contribution in [3.05, 3.63) is 47.3 Å². The second-order valence-corrected chi connectivity index (χ2v) is 5.30. The Morgan fingerprint density at radius 2 is 2.10 bits per heavy atom. The summed E-state index contributed by atoms with van der Waals surface area (Å²) < 4.78 is 7.17. The number of rotatable bonds is 7. The van der Waals surface area contributed by atoms with Crippen LogP contribution in [0.4, 0.5) is 0 Å². The minimum atomic E-state index is -0.561. The fraction of sp³-hybridized carbons (Fsp3) is 0.471. The first-order valence-electron chi connectivity index (χ1n) is 7.49. The molecular formula is C17H24N2O2. The van der Waals surface area contributed by atoms with E-state index in [1.54, 1.807) is 13.3 Å². The summed E-state index contributed by atoms with van der Waals surface area (Å²) in [5.41, 5.74) is 3.32. The zero-order valence-electron chi connectivity index (χ0n) is 13.0. The molecule has 4 heteroatoms. The van der Waals surface area contributed by atoms with Gasteiger partial charge in [0.25, 0.3) is 0 Å². The lowest BCUT2D eigenvalue weighted by atomic mass is 10.0. The molecule has 21 heavy (non-hydrogen) atoms. The second kappa shape index (κ2) is 7.27. The summed E-state index contributed by atoms with van der Waals surface area (Å²) in [5, 5.41) is 14.8. The monoisotopic (exact) mass is 288 g/mol. The van der Waals surface area contributed by atoms with Gasteiger partial charge in [-0.3, -0.25) is 4.68 Å². The fourth-order valence-electron chi connectivity index (χ4n) is 2.58. The van der Waals surface area contributed by atoms with Crippen molar-refractivity contribution in [2.24, 2.45) is 0 Å². The highest BCUT2D eigenvalue weighted by atomic mass is 16.5. The number of aliphatic hydroxyl groups is 1. The molecule has 0 saturated carbocycles. The van der Waals surface area contributed by atoms with Crippen molar-refractivity contribution in [2.75, 3.05) is 7.11 Å². The molecule has 0 amide bonds. The van der Waals surface area contributed by atoms with Crippen LogP contribution in [0.25, 0.3) is 0 Å². The summed E-state index contributed by atoms with van der Waals surface area (Å²) in [5.74, 6) is 0.667. The van der Waals surface area contributed by atoms with Crippen LogP contribution in [-0.4, -0.2) is 22.0 Å². The maximum Gasteiger partial charge on any atom is 0.162 e. The molecule has 1 aromatic carbocycles. The molecule has 1 atom stereocenters. The van der Waals surface area contributed by atoms with E-state index >= 15 is 0 Å². The summed E-state index contributed by atoms with van der Waals surface area (Å²) in [4.78, 5) is 0. The molecule has 4 nitrogen and oxygen atoms in total. The van der Waals surface area contributed by atoms with Crippen LogP contribution in [0.15, 0.2) is 30.5 Å². The molecule has 1 unspecified atom stereocenters. The Hall–Kier alpha value is -1.81. The summed E-state index contributed by atoms with van der Waals surface area (Å²) in [6.07, 6.45) is 3.60. The molecule has 1 heterocycles. The van der Waals surface area contributed by atoms with Crippen LogP contribution in [0.2, 0.25) is 0 Å². The zero-order chi connectivity index (χ0) is 15.2. The van der Waals surface area contributed by atoms with E-state index in [9.17, 15) is 5.11 Å². The van der Waals surface area contributed by atoms with E-state index < -0.39 is 6.10 Å². The SMILES string of the molecule is CCCn1ncc(OC)c1C(O)CCc1ccccc1C. The van der Waals surface area contributed by atoms with E-state index in [1.807, 2.05) is 16.8 Å². The third-order valence-corrected chi connectivity index (χ3v) is 3.76. The van der Waals surface area contributed by atoms with Gasteiger partial charge in [-0.1, -0.05) is 31.2 Å². The highest BCUT2D eigenvalue weighted by molar-refractivity contribution is 5.29. The summed E-state index contributed by atoms with van der Waals surface area (Å²) in [6.45, 7) is 4.99. The number of ether oxygens (including phenoxy) is 1. The van der Waals surface area contributed by atoms with Crippen LogP contribution in [0.5, 0.6) is 5.75 Å². The molecule has 0 saturated heterocycles. The quantitative estimate of drug-likeness (QED) is 0.850. The number of methoxy groups -OCH3 is 1. The van der Waals surface area contributed by atoms with Gasteiger partial charge in [0, 0.05) is 6.54 Å². The third-order valence-electron chi connectivity index (χ3n) is 3.76. The highest BCUT2D eigenvalue weighted by Gasteiger charge is 2.19. The molecule has 1 aromatic heterocycles. The Kier molecular flexibility index (Phi) is 5.39. The minimum Gasteiger partial charge on any atom is -0.493 e. The van der Waals surface area contributed by atoms with E-state index in [0.29, 0.717) is 12.2 Å². The highest BCUT2D eigenvalue weighted by Crippen LogP contribution is 2.28. The Balaban J connectivity index is 2.11. The van der Waals surface area contributed by atoms with Gasteiger partial charge in [0.15, 0.2) is 5.75 Å². The van der Waals surface area contributed by atoms with Crippen molar-refractivity contribution in [1.82, 2.24) is 9.78 Å². The van der Waals surface area contributed by atoms with Gasteiger partial charge in [0.2, 0.25) is 0 Å². The average Bonchev–Trinajstić information content (AvgIpc) is 2.89. The topological polar surface area (TPSA) is 47.3 Å². The van der Waals surface area contributed by atoms with Crippen molar-refractivity contribution in [2.45, 2.75) is 45.8 Å². The van der Waals surface area contributed by atoms with Crippen LogP contribution < -0.4 is 4.74 Å². The van der Waals surface area contributed by atoms with Crippen molar-refractivity contribution in [3.63, 3.8) is 0 Å². The second-order valence-electron chi connectivity index (χ2n) is 5.30. The fourth-order valence-corrected chi connectivity index (χ4v) is 2.58. The molecule has 2 aromatic rings. The largest absolute Gasteiger partial charge is 0.493 e. The minimum absolute atomic E-state index is 0.561. The maximum atomic E-state index is 10.5. The van der Waals surface area contributed by atoms with Gasteiger partial charge >= 0.3 is 0 Å². The maximum absolute atomic E-state index is 10.5. The van der Waals surface area contributed by atoms with Crippen molar-refractivity contribution >= 4 is 0 Å². The molecule has 2 rings (SSSR count). The van der Waals surface area contributed by atoms with Crippen molar-refractivity contribution in [1.29, 1.82) is 0 Å². The number of nitrogens with zero attached hydrogens (tertiary/aromatic N) is 2. The Morgan fingerprint density at radius 3 is 2.76 bits per heavy atom. The summed E-state index contributed by atoms with van der Waals surface area (Å²) >= 11 is 0. The Bertz CT molecular complexity index is 578. The molecular weight excluding hydrogens is 264 g/mol. The van der Waals surface area contributed by atoms with E-state index in [-0.39, 0.29) is 0 Å². The normalized spacial score (nSPS) is 12.4. The molecule has 1 N–H and O–H groups in total. The predicted octanol–water partition coefficient (Wildman–Crippen LogP) is 3.28. The first-order valence-corrected chi connectivity index (χ1v) is 7.49. The van der Waals surface area contributed by atoms with Crippen LogP contribution in [-0.2, 0) is 13.0 Å². The Labute approximate surface area is 126 Å². The van der Waals surface area contributed by atoms with Gasteiger partial charge in [-0.05, 0) is 37.3 Å². The lowest BCUT2D eigenvalue weighted by molar-refractivity contribution is 0.152. The number of hydrogen-bond acceptors (Lipinski definition) is 3. The molecule has 0 radical (unpaired) electrons. The van der Waals surface area contributed by atoms with Gasteiger partial charge in [-0.2, -0.15) is 5.10 Å². The first-order chi connectivity index (χ1) is 10.2. The van der Waals surface area contributed by atoms with Crippen LogP contribution in [0.3, 0.4) is 0 Å². The smallest absolute Gasteiger partial charge is 0.162 e. The molecule has 0 fully saturated rings. The van der Waals surface area contributed by atoms with Gasteiger partial charge in [0.05, 0.1) is 19.4 Å². The third kappa shape index (κ3) is 3.64. The van der Waals surface area contributed by atoms with Crippen molar-refractivity contribution < 1.29 is 9.84 Å². The number of aliphatic hydroxyl groups excluding tert-OH is 1. The van der Waals surface area contributed by atoms with E-state index in [4.69, 9.17) is 4.74 Å². The van der Waals surface area contributed by atoms with Crippen molar-refractivity contribution in [3.8, 4) is 5.75 Å².